The van der Waals surface area contributed by atoms with Gasteiger partial charge in [-0.15, -0.1) is 11.3 Å². The molecule has 0 fully saturated rings. The molecule has 13 heavy (non-hydrogen) atoms. The second-order valence-corrected chi connectivity index (χ2v) is 3.41. The van der Waals surface area contributed by atoms with Crippen LogP contribution in [0.25, 0.3) is 0 Å². The molecule has 0 bridgehead atoms. The molecule has 68 valence electrons. The highest BCUT2D eigenvalue weighted by molar-refractivity contribution is 7.13. The number of carbonyl (C=O) groups is 1. The van der Waals surface area contributed by atoms with Crippen LogP contribution in [0.5, 0.6) is 0 Å². The number of rotatable bonds is 1. The predicted octanol–water partition coefficient (Wildman–Crippen LogP) is 0.773. The molecule has 0 radical (unpaired) electrons. The van der Waals surface area contributed by atoms with Crippen LogP contribution in [0.1, 0.15) is 0 Å². The van der Waals surface area contributed by atoms with Crippen LogP contribution in [0.3, 0.4) is 0 Å². The van der Waals surface area contributed by atoms with Gasteiger partial charge in [-0.2, -0.15) is 0 Å². The molecule has 0 atom stereocenters. The van der Waals surface area contributed by atoms with Crippen LogP contribution < -0.4 is 10.6 Å². The molecule has 0 spiro atoms. The molecule has 2 heterocycles. The first kappa shape index (κ1) is 8.06. The van der Waals surface area contributed by atoms with Gasteiger partial charge in [0.1, 0.15) is 6.67 Å². The van der Waals surface area contributed by atoms with E-state index in [-0.39, 0.29) is 0 Å². The van der Waals surface area contributed by atoms with Gasteiger partial charge in [0.25, 0.3) is 0 Å². The summed E-state index contributed by atoms with van der Waals surface area (Å²) in [6, 6.07) is -0.449. The Hall–Kier alpha value is -1.56. The molecule has 0 unspecified atom stereocenters. The maximum absolute atomic E-state index is 10.8. The van der Waals surface area contributed by atoms with Crippen molar-refractivity contribution in [3.63, 3.8) is 0 Å². The number of aromatic nitrogens is 1. The lowest BCUT2D eigenvalue weighted by Gasteiger charge is -2.15. The molecule has 1 aromatic rings. The Kier molecular flexibility index (Phi) is 1.90. The molecular weight excluding hydrogens is 188 g/mol. The summed E-state index contributed by atoms with van der Waals surface area (Å²) in [4.78, 5) is 18.2. The van der Waals surface area contributed by atoms with E-state index in [4.69, 9.17) is 5.73 Å². The molecule has 2 N–H and O–H groups in total. The standard InChI is InChI=1S/C7H8N4OS/c8-6(12)10-2-3-11(5-10)7-9-1-4-13-7/h1-4H,5H2,(H2,8,12). The van der Waals surface area contributed by atoms with Gasteiger partial charge < -0.3 is 10.6 Å². The van der Waals surface area contributed by atoms with Crippen LogP contribution >= 0.6 is 11.3 Å². The zero-order valence-corrected chi connectivity index (χ0v) is 7.57. The Morgan fingerprint density at radius 2 is 2.46 bits per heavy atom. The van der Waals surface area contributed by atoms with E-state index in [9.17, 15) is 4.79 Å². The Morgan fingerprint density at radius 1 is 1.62 bits per heavy atom. The summed E-state index contributed by atoms with van der Waals surface area (Å²) in [6.45, 7) is 0.447. The summed E-state index contributed by atoms with van der Waals surface area (Å²) in [6.07, 6.45) is 5.15. The van der Waals surface area contributed by atoms with Gasteiger partial charge in [-0.25, -0.2) is 9.78 Å². The van der Waals surface area contributed by atoms with Crippen molar-refractivity contribution in [1.82, 2.24) is 9.88 Å². The lowest BCUT2D eigenvalue weighted by Crippen LogP contribution is -2.34. The zero-order chi connectivity index (χ0) is 9.26. The van der Waals surface area contributed by atoms with E-state index in [1.807, 2.05) is 10.3 Å². The highest BCUT2D eigenvalue weighted by Gasteiger charge is 2.18. The predicted molar refractivity (Wildman–Crippen MR) is 50.0 cm³/mol. The number of nitrogens with two attached hydrogens (primary N) is 1. The van der Waals surface area contributed by atoms with Crippen LogP contribution in [0, 0.1) is 0 Å². The number of urea groups is 1. The number of hydrogen-bond acceptors (Lipinski definition) is 4. The van der Waals surface area contributed by atoms with Gasteiger partial charge in [-0.3, -0.25) is 4.90 Å². The Bertz CT molecular complexity index is 334. The number of nitrogens with zero attached hydrogens (tertiary/aromatic N) is 3. The monoisotopic (exact) mass is 196 g/mol. The average molecular weight is 196 g/mol. The minimum absolute atomic E-state index is 0.447. The van der Waals surface area contributed by atoms with Crippen LogP contribution in [0.15, 0.2) is 24.0 Å². The van der Waals surface area contributed by atoms with Gasteiger partial charge >= 0.3 is 6.03 Å². The number of hydrogen-bond donors (Lipinski definition) is 1. The molecule has 2 rings (SSSR count). The van der Waals surface area contributed by atoms with Crippen LogP contribution in [-0.2, 0) is 0 Å². The second kappa shape index (κ2) is 3.06. The lowest BCUT2D eigenvalue weighted by atomic mass is 10.8. The summed E-state index contributed by atoms with van der Waals surface area (Å²) in [5.74, 6) is 0. The molecule has 0 aliphatic carbocycles. The summed E-state index contributed by atoms with van der Waals surface area (Å²) in [5, 5.41) is 2.75. The van der Waals surface area contributed by atoms with E-state index in [0.717, 1.165) is 5.13 Å². The molecule has 1 aromatic heterocycles. The number of amides is 2. The zero-order valence-electron chi connectivity index (χ0n) is 6.75. The summed E-state index contributed by atoms with van der Waals surface area (Å²) >= 11 is 1.52. The van der Waals surface area contributed by atoms with Gasteiger partial charge in [-0.05, 0) is 0 Å². The quantitative estimate of drug-likeness (QED) is 0.721. The van der Waals surface area contributed by atoms with E-state index in [1.54, 1.807) is 18.6 Å². The Labute approximate surface area is 79.1 Å². The SMILES string of the molecule is NC(=O)N1C=CN(c2nccs2)C1. The molecule has 0 aromatic carbocycles. The van der Waals surface area contributed by atoms with Crippen LogP contribution in [0.2, 0.25) is 0 Å². The molecule has 5 nitrogen and oxygen atoms in total. The number of anilines is 1. The molecule has 0 saturated heterocycles. The fraction of sp³-hybridized carbons (Fsp3) is 0.143. The fourth-order valence-corrected chi connectivity index (χ4v) is 1.66. The van der Waals surface area contributed by atoms with Crippen molar-refractivity contribution in [3.8, 4) is 0 Å². The van der Waals surface area contributed by atoms with E-state index in [0.29, 0.717) is 6.67 Å². The third-order valence-electron chi connectivity index (χ3n) is 1.68. The third kappa shape index (κ3) is 1.48. The largest absolute Gasteiger partial charge is 0.351 e. The molecule has 2 amide bonds. The van der Waals surface area contributed by atoms with Gasteiger partial charge in [0.15, 0.2) is 5.13 Å². The first-order chi connectivity index (χ1) is 6.27. The van der Waals surface area contributed by atoms with Crippen molar-refractivity contribution < 1.29 is 4.79 Å². The minimum atomic E-state index is -0.449. The summed E-state index contributed by atoms with van der Waals surface area (Å²) in [7, 11) is 0. The first-order valence-electron chi connectivity index (χ1n) is 3.68. The normalized spacial score (nSPS) is 15.4. The third-order valence-corrected chi connectivity index (χ3v) is 2.49. The molecule has 0 saturated carbocycles. The van der Waals surface area contributed by atoms with E-state index in [1.165, 1.54) is 16.2 Å². The Morgan fingerprint density at radius 3 is 3.00 bits per heavy atom. The summed E-state index contributed by atoms with van der Waals surface area (Å²) < 4.78 is 0. The first-order valence-corrected chi connectivity index (χ1v) is 4.56. The van der Waals surface area contributed by atoms with E-state index in [2.05, 4.69) is 4.98 Å². The molecular formula is C7H8N4OS. The molecule has 1 aliphatic heterocycles. The van der Waals surface area contributed by atoms with Crippen molar-refractivity contribution >= 4 is 22.5 Å². The molecule has 6 heteroatoms. The van der Waals surface area contributed by atoms with Gasteiger partial charge in [0.2, 0.25) is 0 Å². The van der Waals surface area contributed by atoms with Crippen LogP contribution in [0.4, 0.5) is 9.93 Å². The van der Waals surface area contributed by atoms with Crippen molar-refractivity contribution in [2.45, 2.75) is 0 Å². The van der Waals surface area contributed by atoms with Crippen molar-refractivity contribution in [2.75, 3.05) is 11.6 Å². The van der Waals surface area contributed by atoms with E-state index >= 15 is 0 Å². The van der Waals surface area contributed by atoms with E-state index < -0.39 is 6.03 Å². The fourth-order valence-electron chi connectivity index (χ4n) is 1.04. The van der Waals surface area contributed by atoms with Gasteiger partial charge in [-0.1, -0.05) is 0 Å². The highest BCUT2D eigenvalue weighted by atomic mass is 32.1. The second-order valence-electron chi connectivity index (χ2n) is 2.53. The molecule has 1 aliphatic rings. The van der Waals surface area contributed by atoms with Gasteiger partial charge in [0.05, 0.1) is 0 Å². The summed E-state index contributed by atoms with van der Waals surface area (Å²) in [5.41, 5.74) is 5.11. The van der Waals surface area contributed by atoms with Crippen molar-refractivity contribution in [2.24, 2.45) is 5.73 Å². The number of primary amides is 1. The maximum Gasteiger partial charge on any atom is 0.320 e. The minimum Gasteiger partial charge on any atom is -0.351 e. The topological polar surface area (TPSA) is 62.5 Å². The maximum atomic E-state index is 10.8. The Balaban J connectivity index is 2.09. The number of thiazole rings is 1. The van der Waals surface area contributed by atoms with Crippen LogP contribution in [-0.4, -0.2) is 22.6 Å². The van der Waals surface area contributed by atoms with Crippen molar-refractivity contribution in [3.05, 3.63) is 24.0 Å². The number of carbonyl (C=O) groups excluding carboxylic acids is 1. The average Bonchev–Trinajstić information content (AvgIpc) is 2.75. The smallest absolute Gasteiger partial charge is 0.320 e. The highest BCUT2D eigenvalue weighted by Crippen LogP contribution is 2.20. The van der Waals surface area contributed by atoms with Gasteiger partial charge in [0, 0.05) is 24.0 Å². The lowest BCUT2D eigenvalue weighted by molar-refractivity contribution is 0.227. The van der Waals surface area contributed by atoms with Crippen molar-refractivity contribution in [1.29, 1.82) is 0 Å².